The molecule has 1 amide bonds. The second-order valence-corrected chi connectivity index (χ2v) is 5.42. The van der Waals surface area contributed by atoms with Crippen molar-refractivity contribution in [2.75, 3.05) is 5.32 Å². The van der Waals surface area contributed by atoms with Gasteiger partial charge in [0.1, 0.15) is 5.52 Å². The molecule has 0 bridgehead atoms. The van der Waals surface area contributed by atoms with Crippen molar-refractivity contribution >= 4 is 22.5 Å². The molecule has 0 aliphatic rings. The molecular formula is C17H14F2N4O2. The van der Waals surface area contributed by atoms with Crippen LogP contribution in [0.5, 0.6) is 0 Å². The number of anilines is 1. The highest BCUT2D eigenvalue weighted by Crippen LogP contribution is 2.13. The Balaban J connectivity index is 1.59. The Morgan fingerprint density at radius 3 is 2.72 bits per heavy atom. The van der Waals surface area contributed by atoms with E-state index in [9.17, 15) is 18.4 Å². The Bertz CT molecular complexity index is 988. The Kier molecular flexibility index (Phi) is 4.78. The maximum atomic E-state index is 13.1. The average molecular weight is 344 g/mol. The van der Waals surface area contributed by atoms with Gasteiger partial charge in [-0.3, -0.25) is 9.59 Å². The number of rotatable bonds is 5. The van der Waals surface area contributed by atoms with Gasteiger partial charge in [0, 0.05) is 24.7 Å². The quantitative estimate of drug-likeness (QED) is 0.771. The number of carbonyl (C=O) groups is 1. The Hall–Kier alpha value is -3.16. The summed E-state index contributed by atoms with van der Waals surface area (Å²) in [6, 6.07) is 9.99. The highest BCUT2D eigenvalue weighted by atomic mass is 19.2. The number of nitrogens with zero attached hydrogens (tertiary/aromatic N) is 3. The number of carbonyl (C=O) groups excluding carboxylic acids is 1. The number of amides is 1. The molecule has 3 aromatic rings. The molecule has 1 N–H and O–H groups in total. The van der Waals surface area contributed by atoms with E-state index >= 15 is 0 Å². The summed E-state index contributed by atoms with van der Waals surface area (Å²) in [6.07, 6.45) is 0.447. The molecule has 0 unspecified atom stereocenters. The van der Waals surface area contributed by atoms with Crippen LogP contribution in [-0.4, -0.2) is 20.9 Å². The maximum Gasteiger partial charge on any atom is 0.277 e. The van der Waals surface area contributed by atoms with E-state index in [-0.39, 0.29) is 30.1 Å². The smallest absolute Gasteiger partial charge is 0.277 e. The van der Waals surface area contributed by atoms with Crippen molar-refractivity contribution in [3.8, 4) is 0 Å². The Morgan fingerprint density at radius 2 is 1.92 bits per heavy atom. The van der Waals surface area contributed by atoms with Crippen LogP contribution in [0.3, 0.4) is 0 Å². The van der Waals surface area contributed by atoms with Gasteiger partial charge in [0.2, 0.25) is 5.91 Å². The first-order valence-electron chi connectivity index (χ1n) is 7.62. The van der Waals surface area contributed by atoms with E-state index in [1.807, 2.05) is 0 Å². The Morgan fingerprint density at radius 1 is 1.12 bits per heavy atom. The first-order valence-corrected chi connectivity index (χ1v) is 7.62. The van der Waals surface area contributed by atoms with Crippen LogP contribution in [0.25, 0.3) is 10.9 Å². The lowest BCUT2D eigenvalue weighted by atomic mass is 10.2. The number of benzene rings is 2. The topological polar surface area (TPSA) is 76.9 Å². The van der Waals surface area contributed by atoms with Gasteiger partial charge in [0.05, 0.1) is 5.39 Å². The van der Waals surface area contributed by atoms with Crippen molar-refractivity contribution in [1.29, 1.82) is 0 Å². The molecule has 3 rings (SSSR count). The van der Waals surface area contributed by atoms with E-state index in [2.05, 4.69) is 15.6 Å². The molecular weight excluding hydrogens is 330 g/mol. The lowest BCUT2D eigenvalue weighted by Gasteiger charge is -2.07. The van der Waals surface area contributed by atoms with Crippen molar-refractivity contribution < 1.29 is 13.6 Å². The molecule has 0 aliphatic heterocycles. The minimum atomic E-state index is -1.03. The van der Waals surface area contributed by atoms with Crippen LogP contribution in [0, 0.1) is 11.6 Å². The van der Waals surface area contributed by atoms with Gasteiger partial charge in [-0.15, -0.1) is 5.10 Å². The van der Waals surface area contributed by atoms with Crippen LogP contribution in [0.15, 0.2) is 47.3 Å². The first kappa shape index (κ1) is 16.7. The van der Waals surface area contributed by atoms with Gasteiger partial charge >= 0.3 is 0 Å². The molecule has 128 valence electrons. The molecule has 0 spiro atoms. The molecule has 0 aliphatic carbocycles. The molecule has 2 aromatic carbocycles. The van der Waals surface area contributed by atoms with Crippen LogP contribution in [0.2, 0.25) is 0 Å². The normalized spacial score (nSPS) is 10.8. The first-order chi connectivity index (χ1) is 12.0. The molecule has 25 heavy (non-hydrogen) atoms. The standard InChI is InChI=1S/C17H14F2N4O2/c18-13-8-7-11(10-14(13)19)20-16(24)6-3-9-23-17(25)12-4-1-2-5-15(12)21-22-23/h1-2,4-5,7-8,10H,3,6,9H2,(H,20,24). The fourth-order valence-corrected chi connectivity index (χ4v) is 2.36. The van der Waals surface area contributed by atoms with Gasteiger partial charge in [-0.2, -0.15) is 0 Å². The van der Waals surface area contributed by atoms with Gasteiger partial charge in [-0.1, -0.05) is 17.3 Å². The largest absolute Gasteiger partial charge is 0.326 e. The van der Waals surface area contributed by atoms with E-state index in [4.69, 9.17) is 0 Å². The second kappa shape index (κ2) is 7.16. The lowest BCUT2D eigenvalue weighted by molar-refractivity contribution is -0.116. The summed E-state index contributed by atoms with van der Waals surface area (Å²) < 4.78 is 27.1. The van der Waals surface area contributed by atoms with Crippen molar-refractivity contribution in [2.24, 2.45) is 0 Å². The zero-order valence-electron chi connectivity index (χ0n) is 13.1. The van der Waals surface area contributed by atoms with Crippen molar-refractivity contribution in [1.82, 2.24) is 15.0 Å². The van der Waals surface area contributed by atoms with Gasteiger partial charge in [-0.25, -0.2) is 13.5 Å². The molecule has 0 atom stereocenters. The number of hydrogen-bond acceptors (Lipinski definition) is 4. The zero-order chi connectivity index (χ0) is 17.8. The number of aryl methyl sites for hydroxylation is 1. The predicted molar refractivity (Wildman–Crippen MR) is 88.0 cm³/mol. The van der Waals surface area contributed by atoms with Gasteiger partial charge in [0.25, 0.3) is 5.56 Å². The molecule has 1 aromatic heterocycles. The fraction of sp³-hybridized carbons (Fsp3) is 0.176. The number of nitrogens with one attached hydrogen (secondary N) is 1. The third-order valence-electron chi connectivity index (χ3n) is 3.61. The molecule has 0 saturated heterocycles. The summed E-state index contributed by atoms with van der Waals surface area (Å²) in [5.41, 5.74) is 0.415. The highest BCUT2D eigenvalue weighted by Gasteiger charge is 2.08. The summed E-state index contributed by atoms with van der Waals surface area (Å²) >= 11 is 0. The number of hydrogen-bond donors (Lipinski definition) is 1. The SMILES string of the molecule is O=C(CCCn1nnc2ccccc2c1=O)Nc1ccc(F)c(F)c1. The summed E-state index contributed by atoms with van der Waals surface area (Å²) in [4.78, 5) is 24.1. The highest BCUT2D eigenvalue weighted by molar-refractivity contribution is 5.90. The van der Waals surface area contributed by atoms with E-state index in [1.165, 1.54) is 10.7 Å². The molecule has 0 fully saturated rings. The van der Waals surface area contributed by atoms with E-state index in [0.717, 1.165) is 12.1 Å². The third kappa shape index (κ3) is 3.85. The van der Waals surface area contributed by atoms with Gasteiger partial charge in [0.15, 0.2) is 11.6 Å². The van der Waals surface area contributed by atoms with Crippen molar-refractivity contribution in [3.05, 3.63) is 64.5 Å². The van der Waals surface area contributed by atoms with Crippen LogP contribution in [0.1, 0.15) is 12.8 Å². The maximum absolute atomic E-state index is 13.1. The predicted octanol–water partition coefficient (Wildman–Crippen LogP) is 2.49. The van der Waals surface area contributed by atoms with Gasteiger partial charge < -0.3 is 5.32 Å². The Labute approximate surface area is 141 Å². The molecule has 6 nitrogen and oxygen atoms in total. The lowest BCUT2D eigenvalue weighted by Crippen LogP contribution is -2.25. The van der Waals surface area contributed by atoms with E-state index in [0.29, 0.717) is 17.3 Å². The summed E-state index contributed by atoms with van der Waals surface area (Å²) in [6.45, 7) is 0.224. The number of aromatic nitrogens is 3. The molecule has 0 saturated carbocycles. The average Bonchev–Trinajstić information content (AvgIpc) is 2.60. The summed E-state index contributed by atoms with van der Waals surface area (Å²) in [7, 11) is 0. The van der Waals surface area contributed by atoms with E-state index < -0.39 is 11.6 Å². The monoisotopic (exact) mass is 344 g/mol. The van der Waals surface area contributed by atoms with Crippen LogP contribution >= 0.6 is 0 Å². The minimum absolute atomic E-state index is 0.0972. The summed E-state index contributed by atoms with van der Waals surface area (Å²) in [5, 5.41) is 10.7. The van der Waals surface area contributed by atoms with Crippen LogP contribution in [-0.2, 0) is 11.3 Å². The third-order valence-corrected chi connectivity index (χ3v) is 3.61. The number of fused-ring (bicyclic) bond motifs is 1. The fourth-order valence-electron chi connectivity index (χ4n) is 2.36. The molecule has 0 radical (unpaired) electrons. The molecule has 8 heteroatoms. The van der Waals surface area contributed by atoms with Crippen molar-refractivity contribution in [3.63, 3.8) is 0 Å². The van der Waals surface area contributed by atoms with E-state index in [1.54, 1.807) is 24.3 Å². The van der Waals surface area contributed by atoms with Crippen LogP contribution in [0.4, 0.5) is 14.5 Å². The van der Waals surface area contributed by atoms with Crippen molar-refractivity contribution in [2.45, 2.75) is 19.4 Å². The zero-order valence-corrected chi connectivity index (χ0v) is 13.1. The van der Waals surface area contributed by atoms with Gasteiger partial charge in [-0.05, 0) is 30.7 Å². The number of halogens is 2. The minimum Gasteiger partial charge on any atom is -0.326 e. The molecule has 1 heterocycles. The second-order valence-electron chi connectivity index (χ2n) is 5.42. The summed E-state index contributed by atoms with van der Waals surface area (Å²) in [5.74, 6) is -2.38. The van der Waals surface area contributed by atoms with Crippen LogP contribution < -0.4 is 10.9 Å².